The van der Waals surface area contributed by atoms with Gasteiger partial charge in [-0.15, -0.1) is 12.6 Å². The number of rotatable bonds is 1. The Hall–Kier alpha value is -0.440. The van der Waals surface area contributed by atoms with Crippen molar-refractivity contribution in [3.63, 3.8) is 0 Å². The van der Waals surface area contributed by atoms with Crippen molar-refractivity contribution in [3.05, 3.63) is 12.2 Å². The first kappa shape index (κ1) is 5.69. The molecule has 0 fully saturated rings. The van der Waals surface area contributed by atoms with Crippen molar-refractivity contribution < 1.29 is 4.42 Å². The first-order chi connectivity index (χ1) is 3.83. The molecule has 0 saturated carbocycles. The van der Waals surface area contributed by atoms with Crippen molar-refractivity contribution in [2.75, 3.05) is 0 Å². The van der Waals surface area contributed by atoms with Gasteiger partial charge >= 0.3 is 0 Å². The molecule has 0 N–H and O–H groups in total. The molecule has 0 amide bonds. The van der Waals surface area contributed by atoms with Crippen molar-refractivity contribution in [2.45, 2.75) is 18.4 Å². The summed E-state index contributed by atoms with van der Waals surface area (Å²) in [4.78, 5) is 3.93. The normalized spacial score (nSPS) is 9.75. The summed E-state index contributed by atoms with van der Waals surface area (Å²) in [5.41, 5.74) is 0. The van der Waals surface area contributed by atoms with Crippen molar-refractivity contribution >= 4 is 12.6 Å². The molecule has 0 bridgehead atoms. The van der Waals surface area contributed by atoms with Gasteiger partial charge in [-0.2, -0.15) is 0 Å². The van der Waals surface area contributed by atoms with Gasteiger partial charge in [0.15, 0.2) is 5.89 Å². The largest absolute Gasteiger partial charge is 0.448 e. The minimum absolute atomic E-state index is 0.654. The second kappa shape index (κ2) is 2.22. The van der Waals surface area contributed by atoms with E-state index < -0.39 is 0 Å². The van der Waals surface area contributed by atoms with Gasteiger partial charge in [0.05, 0.1) is 0 Å². The van der Waals surface area contributed by atoms with Gasteiger partial charge in [-0.3, -0.25) is 0 Å². The van der Waals surface area contributed by atoms with E-state index in [4.69, 9.17) is 4.42 Å². The van der Waals surface area contributed by atoms with E-state index in [0.29, 0.717) is 5.03 Å². The van der Waals surface area contributed by atoms with Gasteiger partial charge in [-0.1, -0.05) is 6.92 Å². The molecule has 0 radical (unpaired) electrons. The Kier molecular flexibility index (Phi) is 1.58. The second-order valence-corrected chi connectivity index (χ2v) is 1.91. The van der Waals surface area contributed by atoms with E-state index in [-0.39, 0.29) is 0 Å². The molecule has 0 aromatic carbocycles. The zero-order chi connectivity index (χ0) is 5.98. The molecule has 8 heavy (non-hydrogen) atoms. The van der Waals surface area contributed by atoms with E-state index in [2.05, 4.69) is 17.6 Å². The third-order valence-corrected chi connectivity index (χ3v) is 1.05. The Labute approximate surface area is 53.3 Å². The highest BCUT2D eigenvalue weighted by atomic mass is 32.1. The van der Waals surface area contributed by atoms with Crippen LogP contribution in [0.25, 0.3) is 0 Å². The molecule has 44 valence electrons. The number of thiol groups is 1. The molecule has 1 aromatic rings. The molecule has 0 aliphatic heterocycles. The average molecular weight is 129 g/mol. The fourth-order valence-electron chi connectivity index (χ4n) is 0.464. The van der Waals surface area contributed by atoms with Gasteiger partial charge in [0, 0.05) is 6.42 Å². The van der Waals surface area contributed by atoms with Crippen LogP contribution in [0.5, 0.6) is 0 Å². The number of hydrogen-bond donors (Lipinski definition) is 1. The van der Waals surface area contributed by atoms with Gasteiger partial charge in [0.25, 0.3) is 0 Å². The average Bonchev–Trinajstić information content (AvgIpc) is 2.14. The SMILES string of the molecule is CCc1nc(S)co1. The second-order valence-electron chi connectivity index (χ2n) is 1.45. The third-order valence-electron chi connectivity index (χ3n) is 0.842. The molecular weight excluding hydrogens is 122 g/mol. The van der Waals surface area contributed by atoms with Crippen molar-refractivity contribution in [3.8, 4) is 0 Å². The van der Waals surface area contributed by atoms with Crippen LogP contribution < -0.4 is 0 Å². The quantitative estimate of drug-likeness (QED) is 0.582. The molecule has 1 heterocycles. The summed E-state index contributed by atoms with van der Waals surface area (Å²) in [7, 11) is 0. The Bertz CT molecular complexity index is 173. The molecule has 0 atom stereocenters. The summed E-state index contributed by atoms with van der Waals surface area (Å²) in [5, 5.41) is 0.654. The Balaban J connectivity index is 2.84. The molecule has 0 aliphatic rings. The van der Waals surface area contributed by atoms with Crippen LogP contribution in [0.15, 0.2) is 15.7 Å². The molecule has 1 rings (SSSR count). The summed E-state index contributed by atoms with van der Waals surface area (Å²) in [6, 6.07) is 0. The van der Waals surface area contributed by atoms with E-state index >= 15 is 0 Å². The predicted octanol–water partition coefficient (Wildman–Crippen LogP) is 1.53. The Morgan fingerprint density at radius 3 is 2.88 bits per heavy atom. The van der Waals surface area contributed by atoms with Crippen LogP contribution in [-0.2, 0) is 6.42 Å². The lowest BCUT2D eigenvalue weighted by Crippen LogP contribution is -1.75. The summed E-state index contributed by atoms with van der Waals surface area (Å²) in [5.74, 6) is 0.745. The highest BCUT2D eigenvalue weighted by Gasteiger charge is 1.93. The van der Waals surface area contributed by atoms with E-state index in [9.17, 15) is 0 Å². The van der Waals surface area contributed by atoms with Crippen LogP contribution >= 0.6 is 12.6 Å². The molecule has 3 heteroatoms. The third kappa shape index (κ3) is 1.04. The maximum Gasteiger partial charge on any atom is 0.194 e. The van der Waals surface area contributed by atoms with Crippen LogP contribution in [0.1, 0.15) is 12.8 Å². The lowest BCUT2D eigenvalue weighted by molar-refractivity contribution is 0.500. The van der Waals surface area contributed by atoms with Crippen LogP contribution in [0.3, 0.4) is 0 Å². The first-order valence-electron chi connectivity index (χ1n) is 2.46. The topological polar surface area (TPSA) is 26.0 Å². The van der Waals surface area contributed by atoms with Gasteiger partial charge < -0.3 is 4.42 Å². The summed E-state index contributed by atoms with van der Waals surface area (Å²) in [6.07, 6.45) is 2.36. The number of nitrogens with zero attached hydrogens (tertiary/aromatic N) is 1. The van der Waals surface area contributed by atoms with Crippen LogP contribution in [0.4, 0.5) is 0 Å². The summed E-state index contributed by atoms with van der Waals surface area (Å²) < 4.78 is 4.93. The highest BCUT2D eigenvalue weighted by molar-refractivity contribution is 7.80. The van der Waals surface area contributed by atoms with Gasteiger partial charge in [-0.05, 0) is 0 Å². The van der Waals surface area contributed by atoms with Crippen LogP contribution in [0, 0.1) is 0 Å². The zero-order valence-corrected chi connectivity index (χ0v) is 5.48. The summed E-state index contributed by atoms with van der Waals surface area (Å²) >= 11 is 3.95. The van der Waals surface area contributed by atoms with Crippen LogP contribution in [0.2, 0.25) is 0 Å². The lowest BCUT2D eigenvalue weighted by Gasteiger charge is -1.78. The molecular formula is C5H7NOS. The van der Waals surface area contributed by atoms with Crippen molar-refractivity contribution in [2.24, 2.45) is 0 Å². The van der Waals surface area contributed by atoms with Crippen LogP contribution in [-0.4, -0.2) is 4.98 Å². The van der Waals surface area contributed by atoms with E-state index in [1.807, 2.05) is 6.92 Å². The fraction of sp³-hybridized carbons (Fsp3) is 0.400. The highest BCUT2D eigenvalue weighted by Crippen LogP contribution is 2.04. The number of hydrogen-bond acceptors (Lipinski definition) is 3. The number of oxazole rings is 1. The van der Waals surface area contributed by atoms with E-state index in [0.717, 1.165) is 12.3 Å². The smallest absolute Gasteiger partial charge is 0.194 e. The first-order valence-corrected chi connectivity index (χ1v) is 2.91. The molecule has 0 aliphatic carbocycles. The maximum absolute atomic E-state index is 4.93. The number of aryl methyl sites for hydroxylation is 1. The monoisotopic (exact) mass is 129 g/mol. The minimum atomic E-state index is 0.654. The molecule has 2 nitrogen and oxygen atoms in total. The standard InChI is InChI=1S/C5H7NOS/c1-2-4-6-5(8)3-7-4/h3,8H,2H2,1H3. The fourth-order valence-corrected chi connectivity index (χ4v) is 0.628. The van der Waals surface area contributed by atoms with E-state index in [1.54, 1.807) is 0 Å². The maximum atomic E-state index is 4.93. The molecule has 0 unspecified atom stereocenters. The van der Waals surface area contributed by atoms with Gasteiger partial charge in [0.2, 0.25) is 0 Å². The van der Waals surface area contributed by atoms with Crippen molar-refractivity contribution in [1.29, 1.82) is 0 Å². The molecule has 0 saturated heterocycles. The molecule has 0 spiro atoms. The van der Waals surface area contributed by atoms with Gasteiger partial charge in [-0.25, -0.2) is 4.98 Å². The lowest BCUT2D eigenvalue weighted by atomic mass is 10.5. The Morgan fingerprint density at radius 2 is 2.62 bits per heavy atom. The van der Waals surface area contributed by atoms with Gasteiger partial charge in [0.1, 0.15) is 11.3 Å². The molecule has 1 aromatic heterocycles. The predicted molar refractivity (Wildman–Crippen MR) is 33.1 cm³/mol. The zero-order valence-electron chi connectivity index (χ0n) is 4.59. The Morgan fingerprint density at radius 1 is 1.88 bits per heavy atom. The van der Waals surface area contributed by atoms with Crippen molar-refractivity contribution in [1.82, 2.24) is 4.98 Å². The summed E-state index contributed by atoms with van der Waals surface area (Å²) in [6.45, 7) is 1.99. The minimum Gasteiger partial charge on any atom is -0.448 e. The number of aromatic nitrogens is 1. The van der Waals surface area contributed by atoms with E-state index in [1.165, 1.54) is 6.26 Å².